The number of nitrogens with zero attached hydrogens (tertiary/aromatic N) is 2. The van der Waals surface area contributed by atoms with Gasteiger partial charge in [-0.2, -0.15) is 0 Å². The molecule has 0 radical (unpaired) electrons. The quantitative estimate of drug-likeness (QED) is 0.211. The molecule has 40 heavy (non-hydrogen) atoms. The summed E-state index contributed by atoms with van der Waals surface area (Å²) in [5, 5.41) is 1.24. The number of aryl methyl sites for hydroxylation is 2. The molecule has 2 atom stereocenters. The van der Waals surface area contributed by atoms with E-state index < -0.39 is 12.4 Å². The zero-order valence-electron chi connectivity index (χ0n) is 23.2. The number of alkyl halides is 2. The third kappa shape index (κ3) is 5.60. The zero-order valence-corrected chi connectivity index (χ0v) is 24.0. The lowest BCUT2D eigenvalue weighted by Gasteiger charge is -2.38. The molecule has 2 heterocycles. The predicted octanol–water partition coefficient (Wildman–Crippen LogP) is 7.26. The van der Waals surface area contributed by atoms with Crippen LogP contribution in [0.4, 0.5) is 8.78 Å². The van der Waals surface area contributed by atoms with Gasteiger partial charge < -0.3 is 14.0 Å². The Kier molecular flexibility index (Phi) is 8.47. The molecule has 210 valence electrons. The van der Waals surface area contributed by atoms with Crippen LogP contribution in [-0.2, 0) is 4.74 Å². The molecule has 3 aromatic carbocycles. The maximum absolute atomic E-state index is 13.3. The van der Waals surface area contributed by atoms with Crippen molar-refractivity contribution in [1.29, 1.82) is 0 Å². The molecule has 2 unspecified atom stereocenters. The van der Waals surface area contributed by atoms with Gasteiger partial charge in [-0.3, -0.25) is 4.90 Å². The molecule has 0 aliphatic carbocycles. The first kappa shape index (κ1) is 28.2. The van der Waals surface area contributed by atoms with Gasteiger partial charge >= 0.3 is 5.97 Å². The Hall–Kier alpha value is -3.36. The van der Waals surface area contributed by atoms with Gasteiger partial charge in [-0.05, 0) is 73.8 Å². The second-order valence-electron chi connectivity index (χ2n) is 10.3. The summed E-state index contributed by atoms with van der Waals surface area (Å²) in [6.07, 6.45) is 0.472. The number of hydrogen-bond acceptors (Lipinski definition) is 5. The van der Waals surface area contributed by atoms with E-state index in [9.17, 15) is 13.6 Å². The Labute approximate surface area is 238 Å². The minimum Gasteiger partial charge on any atom is -0.496 e. The second-order valence-corrected chi connectivity index (χ2v) is 11.5. The maximum Gasteiger partial charge on any atom is 0.337 e. The molecule has 5 nitrogen and oxygen atoms in total. The van der Waals surface area contributed by atoms with E-state index in [-0.39, 0.29) is 17.7 Å². The fourth-order valence-electron chi connectivity index (χ4n) is 5.74. The normalized spacial score (nSPS) is 17.9. The van der Waals surface area contributed by atoms with E-state index in [1.807, 2.05) is 29.2 Å². The van der Waals surface area contributed by atoms with Crippen LogP contribution in [0.1, 0.15) is 39.4 Å². The van der Waals surface area contributed by atoms with Gasteiger partial charge in [0.05, 0.1) is 36.7 Å². The van der Waals surface area contributed by atoms with Gasteiger partial charge in [0.1, 0.15) is 5.75 Å². The first-order chi connectivity index (χ1) is 19.3. The van der Waals surface area contributed by atoms with E-state index in [0.29, 0.717) is 18.7 Å². The molecule has 8 heteroatoms. The van der Waals surface area contributed by atoms with Crippen molar-refractivity contribution in [2.24, 2.45) is 0 Å². The Balaban J connectivity index is 1.54. The number of para-hydroxylation sites is 1. The summed E-state index contributed by atoms with van der Waals surface area (Å²) >= 11 is 1.76. The van der Waals surface area contributed by atoms with Crippen molar-refractivity contribution in [2.75, 3.05) is 33.9 Å². The molecule has 0 saturated carbocycles. The van der Waals surface area contributed by atoms with E-state index in [1.165, 1.54) is 12.7 Å². The fraction of sp³-hybridized carbons (Fsp3) is 0.344. The highest BCUT2D eigenvalue weighted by molar-refractivity contribution is 8.00. The number of benzene rings is 3. The van der Waals surface area contributed by atoms with Crippen molar-refractivity contribution in [3.63, 3.8) is 0 Å². The van der Waals surface area contributed by atoms with Gasteiger partial charge in [-0.25, -0.2) is 13.6 Å². The first-order valence-electron chi connectivity index (χ1n) is 13.4. The number of methoxy groups -OCH3 is 2. The Morgan fingerprint density at radius 3 is 2.48 bits per heavy atom. The Morgan fingerprint density at radius 2 is 1.80 bits per heavy atom. The van der Waals surface area contributed by atoms with Gasteiger partial charge in [0.2, 0.25) is 0 Å². The van der Waals surface area contributed by atoms with Crippen molar-refractivity contribution < 1.29 is 23.0 Å². The van der Waals surface area contributed by atoms with Crippen LogP contribution in [0.5, 0.6) is 5.75 Å². The van der Waals surface area contributed by atoms with Gasteiger partial charge in [0, 0.05) is 35.0 Å². The largest absolute Gasteiger partial charge is 0.496 e. The Bertz CT molecular complexity index is 1500. The van der Waals surface area contributed by atoms with Crippen molar-refractivity contribution in [2.45, 2.75) is 42.8 Å². The number of esters is 1. The summed E-state index contributed by atoms with van der Waals surface area (Å²) in [5.41, 5.74) is 6.05. The molecule has 1 saturated heterocycles. The summed E-state index contributed by atoms with van der Waals surface area (Å²) in [5.74, 6) is 0.404. The van der Waals surface area contributed by atoms with Crippen LogP contribution < -0.4 is 4.74 Å². The summed E-state index contributed by atoms with van der Waals surface area (Å²) < 4.78 is 39.7. The van der Waals surface area contributed by atoms with E-state index in [1.54, 1.807) is 31.0 Å². The highest BCUT2D eigenvalue weighted by Gasteiger charge is 2.33. The van der Waals surface area contributed by atoms with Crippen molar-refractivity contribution >= 4 is 28.6 Å². The zero-order chi connectivity index (χ0) is 28.4. The standard InChI is InChI=1S/C32H34F2N2O3S/c1-20-7-5-6-8-26(20)36-16-13-24-30(36)21(2)17-27(38-3)31(24)40-28-14-15-35(19-29(33)34)18-25(28)22-9-11-23(12-10-22)32(37)39-4/h5-13,16-17,25,28-29H,14-15,18-19H2,1-4H3. The number of carbonyl (C=O) groups is 1. The predicted molar refractivity (Wildman–Crippen MR) is 157 cm³/mol. The summed E-state index contributed by atoms with van der Waals surface area (Å²) in [6, 6.07) is 19.9. The minimum atomic E-state index is -2.38. The van der Waals surface area contributed by atoms with Crippen LogP contribution in [0.2, 0.25) is 0 Å². The third-order valence-electron chi connectivity index (χ3n) is 7.73. The number of hydrogen-bond donors (Lipinski definition) is 0. The van der Waals surface area contributed by atoms with Crippen LogP contribution in [0.25, 0.3) is 16.6 Å². The van der Waals surface area contributed by atoms with Crippen molar-refractivity contribution in [1.82, 2.24) is 9.47 Å². The average Bonchev–Trinajstić information content (AvgIpc) is 3.40. The molecule has 0 N–H and O–H groups in total. The molecule has 1 aliphatic rings. The lowest BCUT2D eigenvalue weighted by Crippen LogP contribution is -2.42. The minimum absolute atomic E-state index is 0.0105. The van der Waals surface area contributed by atoms with Crippen LogP contribution in [0, 0.1) is 13.8 Å². The number of likely N-dealkylation sites (tertiary alicyclic amines) is 1. The highest BCUT2D eigenvalue weighted by atomic mass is 32.2. The molecule has 1 aromatic heterocycles. The lowest BCUT2D eigenvalue weighted by molar-refractivity contribution is 0.0600. The van der Waals surface area contributed by atoms with Crippen molar-refractivity contribution in [3.8, 4) is 11.4 Å². The van der Waals surface area contributed by atoms with E-state index in [4.69, 9.17) is 9.47 Å². The number of rotatable bonds is 8. The van der Waals surface area contributed by atoms with Crippen molar-refractivity contribution in [3.05, 3.63) is 89.1 Å². The number of aromatic nitrogens is 1. The fourth-order valence-corrected chi connectivity index (χ4v) is 7.23. The smallest absolute Gasteiger partial charge is 0.337 e. The number of carbonyl (C=O) groups excluding carboxylic acids is 1. The van der Waals surface area contributed by atoms with Gasteiger partial charge in [0.15, 0.2) is 0 Å². The number of ether oxygens (including phenoxy) is 2. The van der Waals surface area contributed by atoms with E-state index >= 15 is 0 Å². The molecule has 1 fully saturated rings. The maximum atomic E-state index is 13.3. The SMILES string of the molecule is COC(=O)c1ccc(C2CN(CC(F)F)CCC2Sc2c(OC)cc(C)c3c2ccn3-c2ccccc2C)cc1. The molecule has 5 rings (SSSR count). The number of fused-ring (bicyclic) bond motifs is 1. The third-order valence-corrected chi connectivity index (χ3v) is 9.25. The molecular weight excluding hydrogens is 530 g/mol. The monoisotopic (exact) mass is 564 g/mol. The van der Waals surface area contributed by atoms with Gasteiger partial charge in [-0.15, -0.1) is 11.8 Å². The topological polar surface area (TPSA) is 43.7 Å². The number of halogens is 2. The molecule has 1 aliphatic heterocycles. The average molecular weight is 565 g/mol. The summed E-state index contributed by atoms with van der Waals surface area (Å²) in [7, 11) is 3.05. The molecular formula is C32H34F2N2O3S. The van der Waals surface area contributed by atoms with E-state index in [0.717, 1.165) is 44.8 Å². The van der Waals surface area contributed by atoms with Gasteiger partial charge in [0.25, 0.3) is 6.43 Å². The van der Waals surface area contributed by atoms with E-state index in [2.05, 4.69) is 48.9 Å². The second kappa shape index (κ2) is 12.0. The molecule has 4 aromatic rings. The first-order valence-corrected chi connectivity index (χ1v) is 14.3. The van der Waals surface area contributed by atoms with Crippen LogP contribution in [0.3, 0.4) is 0 Å². The molecule has 0 bridgehead atoms. The Morgan fingerprint density at radius 1 is 1.05 bits per heavy atom. The number of thioether (sulfide) groups is 1. The van der Waals surface area contributed by atoms with Crippen LogP contribution in [-0.4, -0.2) is 61.0 Å². The molecule has 0 spiro atoms. The lowest BCUT2D eigenvalue weighted by atomic mass is 9.89. The van der Waals surface area contributed by atoms with Crippen LogP contribution >= 0.6 is 11.8 Å². The highest BCUT2D eigenvalue weighted by Crippen LogP contribution is 2.46. The number of piperidine rings is 1. The summed E-state index contributed by atoms with van der Waals surface area (Å²) in [6.45, 7) is 5.08. The van der Waals surface area contributed by atoms with Crippen LogP contribution in [0.15, 0.2) is 71.8 Å². The van der Waals surface area contributed by atoms with Gasteiger partial charge in [-0.1, -0.05) is 30.3 Å². The molecule has 0 amide bonds. The summed E-state index contributed by atoms with van der Waals surface area (Å²) in [4.78, 5) is 14.9.